The molecule has 2 aliphatic rings. The Morgan fingerprint density at radius 1 is 0.976 bits per heavy atom. The van der Waals surface area contributed by atoms with Crippen molar-refractivity contribution in [3.8, 4) is 17.6 Å². The van der Waals surface area contributed by atoms with E-state index in [9.17, 15) is 4.79 Å². The Hall–Kier alpha value is -4.25. The molecule has 0 saturated heterocycles. The van der Waals surface area contributed by atoms with Crippen LogP contribution in [0, 0.1) is 11.8 Å². The molecule has 1 aromatic heterocycles. The molecule has 41 heavy (non-hydrogen) atoms. The van der Waals surface area contributed by atoms with Crippen LogP contribution in [0.1, 0.15) is 39.9 Å². The number of aliphatic imine (C=N–C) groups is 1. The average Bonchev–Trinajstić information content (AvgIpc) is 3.55. The van der Waals surface area contributed by atoms with Crippen LogP contribution in [0.4, 0.5) is 5.82 Å². The first-order valence-electron chi connectivity index (χ1n) is 13.4. The number of guanidine groups is 1. The fraction of sp³-hybridized carbons (Fsp3) is 0.219. The largest absolute Gasteiger partial charge is 0.494 e. The highest BCUT2D eigenvalue weighted by atomic mass is 35.5. The van der Waals surface area contributed by atoms with E-state index >= 15 is 0 Å². The van der Waals surface area contributed by atoms with E-state index in [-0.39, 0.29) is 11.9 Å². The highest BCUT2D eigenvalue weighted by molar-refractivity contribution is 6.37. The maximum atomic E-state index is 14.0. The topological polar surface area (TPSA) is 63.0 Å². The van der Waals surface area contributed by atoms with E-state index in [0.717, 1.165) is 17.5 Å². The molecule has 2 aliphatic heterocycles. The molecule has 206 valence electrons. The van der Waals surface area contributed by atoms with Crippen LogP contribution >= 0.6 is 23.2 Å². The first-order chi connectivity index (χ1) is 20.0. The number of imidazole rings is 1. The Balaban J connectivity index is 1.45. The minimum absolute atomic E-state index is 0.0107. The first kappa shape index (κ1) is 26.9. The second kappa shape index (κ2) is 11.3. The number of halogens is 2. The van der Waals surface area contributed by atoms with Gasteiger partial charge in [0.2, 0.25) is 5.96 Å². The SMILES string of the molecule is CCN1C(=O)c2c(nc(C#Cc3ccccc3)n2Cc2cc(Cl)c(OC)c(Cl)c2)N2C[C@@H](Cc3ccccc3)N=C12. The number of amides is 1. The number of carbonyl (C=O) groups is 1. The fourth-order valence-corrected chi connectivity index (χ4v) is 5.97. The lowest BCUT2D eigenvalue weighted by molar-refractivity contribution is 0.0836. The van der Waals surface area contributed by atoms with Gasteiger partial charge in [-0.2, -0.15) is 0 Å². The van der Waals surface area contributed by atoms with E-state index < -0.39 is 0 Å². The van der Waals surface area contributed by atoms with Crippen molar-refractivity contribution < 1.29 is 9.53 Å². The maximum absolute atomic E-state index is 14.0. The summed E-state index contributed by atoms with van der Waals surface area (Å²) < 4.78 is 7.18. The van der Waals surface area contributed by atoms with Gasteiger partial charge >= 0.3 is 0 Å². The van der Waals surface area contributed by atoms with Crippen LogP contribution in [0.5, 0.6) is 5.75 Å². The molecular weight excluding hydrogens is 557 g/mol. The van der Waals surface area contributed by atoms with Crippen molar-refractivity contribution in [2.75, 3.05) is 25.1 Å². The summed E-state index contributed by atoms with van der Waals surface area (Å²) in [6.07, 6.45) is 0.770. The molecule has 3 heterocycles. The standard InChI is InChI=1S/C32H27Cl2N5O2/c1-3-37-31(40)28-30(39-20-24(35-32(37)39)16-22-12-8-5-9-13-22)36-27(15-14-21-10-6-4-7-11-21)38(28)19-23-17-25(33)29(41-2)26(34)18-23/h4-13,17-18,24H,3,16,19-20H2,1-2H3/t24-/m1/s1. The lowest BCUT2D eigenvalue weighted by Crippen LogP contribution is -2.50. The number of ether oxygens (including phenoxy) is 1. The quantitative estimate of drug-likeness (QED) is 0.265. The van der Waals surface area contributed by atoms with Gasteiger partial charge in [-0.25, -0.2) is 9.98 Å². The Bertz CT molecular complexity index is 1680. The molecule has 0 spiro atoms. The predicted molar refractivity (Wildman–Crippen MR) is 162 cm³/mol. The van der Waals surface area contributed by atoms with Gasteiger partial charge < -0.3 is 9.30 Å². The van der Waals surface area contributed by atoms with Crippen LogP contribution in [0.3, 0.4) is 0 Å². The van der Waals surface area contributed by atoms with Crippen molar-refractivity contribution in [1.29, 1.82) is 0 Å². The van der Waals surface area contributed by atoms with Gasteiger partial charge in [-0.1, -0.05) is 77.7 Å². The highest BCUT2D eigenvalue weighted by Crippen LogP contribution is 2.36. The monoisotopic (exact) mass is 583 g/mol. The summed E-state index contributed by atoms with van der Waals surface area (Å²) in [4.78, 5) is 27.7. The normalized spacial score (nSPS) is 15.7. The Morgan fingerprint density at radius 2 is 1.66 bits per heavy atom. The van der Waals surface area contributed by atoms with Crippen molar-refractivity contribution in [2.24, 2.45) is 4.99 Å². The number of anilines is 1. The zero-order chi connectivity index (χ0) is 28.5. The molecule has 1 atom stereocenters. The van der Waals surface area contributed by atoms with Gasteiger partial charge in [0.15, 0.2) is 23.1 Å². The zero-order valence-electron chi connectivity index (χ0n) is 22.6. The third-order valence-corrected chi connectivity index (χ3v) is 7.71. The van der Waals surface area contributed by atoms with Crippen molar-refractivity contribution in [1.82, 2.24) is 14.5 Å². The summed E-state index contributed by atoms with van der Waals surface area (Å²) >= 11 is 12.9. The number of methoxy groups -OCH3 is 1. The smallest absolute Gasteiger partial charge is 0.281 e. The molecule has 9 heteroatoms. The molecule has 0 radical (unpaired) electrons. The fourth-order valence-electron chi connectivity index (χ4n) is 5.28. The summed E-state index contributed by atoms with van der Waals surface area (Å²) in [6.45, 7) is 3.33. The summed E-state index contributed by atoms with van der Waals surface area (Å²) in [5, 5.41) is 0.778. The molecule has 6 rings (SSSR count). The van der Waals surface area contributed by atoms with E-state index in [1.807, 2.05) is 64.9 Å². The number of carbonyl (C=O) groups excluding carboxylic acids is 1. The second-order valence-corrected chi connectivity index (χ2v) is 10.6. The first-order valence-corrected chi connectivity index (χ1v) is 14.1. The van der Waals surface area contributed by atoms with Crippen molar-refractivity contribution >= 4 is 40.9 Å². The number of rotatable bonds is 6. The Kier molecular flexibility index (Phi) is 7.44. The summed E-state index contributed by atoms with van der Waals surface area (Å²) in [5.41, 5.74) is 3.31. The lowest BCUT2D eigenvalue weighted by Gasteiger charge is -2.33. The van der Waals surface area contributed by atoms with Gasteiger partial charge in [-0.3, -0.25) is 14.6 Å². The van der Waals surface area contributed by atoms with E-state index in [1.165, 1.54) is 12.7 Å². The van der Waals surface area contributed by atoms with Crippen LogP contribution in [-0.4, -0.2) is 52.6 Å². The molecule has 0 bridgehead atoms. The third kappa shape index (κ3) is 5.17. The number of hydrogen-bond donors (Lipinski definition) is 0. The number of fused-ring (bicyclic) bond motifs is 3. The number of hydrogen-bond acceptors (Lipinski definition) is 5. The molecule has 4 aromatic rings. The van der Waals surface area contributed by atoms with Crippen LogP contribution in [0.2, 0.25) is 10.0 Å². The predicted octanol–water partition coefficient (Wildman–Crippen LogP) is 5.91. The number of benzene rings is 3. The summed E-state index contributed by atoms with van der Waals surface area (Å²) in [7, 11) is 1.52. The lowest BCUT2D eigenvalue weighted by atomic mass is 10.1. The van der Waals surface area contributed by atoms with E-state index in [4.69, 9.17) is 37.9 Å². The van der Waals surface area contributed by atoms with Gasteiger partial charge in [0.1, 0.15) is 0 Å². The molecule has 1 amide bonds. The summed E-state index contributed by atoms with van der Waals surface area (Å²) in [6, 6.07) is 23.5. The van der Waals surface area contributed by atoms with Gasteiger partial charge in [0.25, 0.3) is 5.91 Å². The maximum Gasteiger partial charge on any atom is 0.281 e. The van der Waals surface area contributed by atoms with E-state index in [2.05, 4.69) is 24.0 Å². The van der Waals surface area contributed by atoms with Crippen LogP contribution in [0.25, 0.3) is 0 Å². The van der Waals surface area contributed by atoms with Crippen molar-refractivity contribution in [3.05, 3.63) is 111 Å². The molecule has 7 nitrogen and oxygen atoms in total. The summed E-state index contributed by atoms with van der Waals surface area (Å²) in [5.74, 6) is 8.33. The highest BCUT2D eigenvalue weighted by Gasteiger charge is 2.43. The van der Waals surface area contributed by atoms with E-state index in [1.54, 1.807) is 17.0 Å². The van der Waals surface area contributed by atoms with Crippen LogP contribution < -0.4 is 9.64 Å². The number of aromatic nitrogens is 2. The van der Waals surface area contributed by atoms with Crippen LogP contribution in [0.15, 0.2) is 77.8 Å². The zero-order valence-corrected chi connectivity index (χ0v) is 24.2. The van der Waals surface area contributed by atoms with Gasteiger partial charge in [-0.05, 0) is 54.7 Å². The Labute approximate surface area is 249 Å². The molecule has 0 aliphatic carbocycles. The molecule has 0 unspecified atom stereocenters. The number of nitrogens with zero attached hydrogens (tertiary/aromatic N) is 5. The average molecular weight is 585 g/mol. The van der Waals surface area contributed by atoms with Crippen LogP contribution in [-0.2, 0) is 13.0 Å². The Morgan fingerprint density at radius 3 is 2.32 bits per heavy atom. The van der Waals surface area contributed by atoms with Gasteiger partial charge in [0, 0.05) is 12.1 Å². The minimum Gasteiger partial charge on any atom is -0.494 e. The minimum atomic E-state index is -0.163. The third-order valence-electron chi connectivity index (χ3n) is 7.15. The molecule has 0 N–H and O–H groups in total. The molecule has 0 fully saturated rings. The molecule has 3 aromatic carbocycles. The molecular formula is C32H27Cl2N5O2. The van der Waals surface area contributed by atoms with Gasteiger partial charge in [-0.15, -0.1) is 0 Å². The molecule has 0 saturated carbocycles. The van der Waals surface area contributed by atoms with E-state index in [0.29, 0.717) is 58.7 Å². The van der Waals surface area contributed by atoms with Crippen molar-refractivity contribution in [2.45, 2.75) is 25.9 Å². The van der Waals surface area contributed by atoms with Crippen molar-refractivity contribution in [3.63, 3.8) is 0 Å². The van der Waals surface area contributed by atoms with Gasteiger partial charge in [0.05, 0.1) is 36.3 Å². The second-order valence-electron chi connectivity index (χ2n) is 9.84.